The van der Waals surface area contributed by atoms with E-state index in [1.165, 1.54) is 0 Å². The zero-order valence-electron chi connectivity index (χ0n) is 17.2. The van der Waals surface area contributed by atoms with Gasteiger partial charge in [-0.25, -0.2) is 4.98 Å². The van der Waals surface area contributed by atoms with Crippen LogP contribution in [0, 0.1) is 5.92 Å². The van der Waals surface area contributed by atoms with Crippen LogP contribution in [0.3, 0.4) is 0 Å². The largest absolute Gasteiger partial charge is 0.384 e. The SMILES string of the molecule is CN[C@@H](C(=O)N[C@@H](Cc1ccc(Cl)c(Cl)c1)C(=O)NCc1ccc(N)nc1)C(C)C. The second kappa shape index (κ2) is 11.2. The molecule has 9 heteroatoms. The Bertz CT molecular complexity index is 874. The number of halogens is 2. The third kappa shape index (κ3) is 6.86. The molecule has 2 atom stereocenters. The number of carbonyl (C=O) groups is 2. The molecule has 2 rings (SSSR count). The molecule has 0 fully saturated rings. The maximum absolute atomic E-state index is 12.9. The van der Waals surface area contributed by atoms with E-state index in [9.17, 15) is 9.59 Å². The van der Waals surface area contributed by atoms with Crippen molar-refractivity contribution >= 4 is 40.8 Å². The highest BCUT2D eigenvalue weighted by molar-refractivity contribution is 6.42. The van der Waals surface area contributed by atoms with Crippen LogP contribution in [-0.4, -0.2) is 35.9 Å². The van der Waals surface area contributed by atoms with Gasteiger partial charge in [0.2, 0.25) is 11.8 Å². The topological polar surface area (TPSA) is 109 Å². The Balaban J connectivity index is 2.15. The number of anilines is 1. The zero-order chi connectivity index (χ0) is 22.3. The molecule has 0 aliphatic heterocycles. The summed E-state index contributed by atoms with van der Waals surface area (Å²) in [6, 6.07) is 7.38. The lowest BCUT2D eigenvalue weighted by molar-refractivity contribution is -0.130. The summed E-state index contributed by atoms with van der Waals surface area (Å²) in [5, 5.41) is 9.50. The van der Waals surface area contributed by atoms with Crippen LogP contribution >= 0.6 is 23.2 Å². The highest BCUT2D eigenvalue weighted by atomic mass is 35.5. The van der Waals surface area contributed by atoms with Crippen molar-refractivity contribution in [1.82, 2.24) is 20.9 Å². The minimum absolute atomic E-state index is 0.0598. The average molecular weight is 452 g/mol. The van der Waals surface area contributed by atoms with Gasteiger partial charge in [-0.3, -0.25) is 9.59 Å². The Morgan fingerprint density at radius 2 is 1.77 bits per heavy atom. The van der Waals surface area contributed by atoms with E-state index in [0.717, 1.165) is 11.1 Å². The fourth-order valence-electron chi connectivity index (χ4n) is 2.99. The normalized spacial score (nSPS) is 13.0. The van der Waals surface area contributed by atoms with Gasteiger partial charge in [-0.05, 0) is 42.3 Å². The first-order valence-electron chi connectivity index (χ1n) is 9.61. The van der Waals surface area contributed by atoms with Crippen molar-refractivity contribution in [1.29, 1.82) is 0 Å². The van der Waals surface area contributed by atoms with E-state index in [-0.39, 0.29) is 30.7 Å². The summed E-state index contributed by atoms with van der Waals surface area (Å²) < 4.78 is 0. The van der Waals surface area contributed by atoms with Gasteiger partial charge in [-0.15, -0.1) is 0 Å². The Labute approximate surface area is 186 Å². The average Bonchev–Trinajstić information content (AvgIpc) is 2.69. The summed E-state index contributed by atoms with van der Waals surface area (Å²) in [5.41, 5.74) is 7.17. The molecule has 30 heavy (non-hydrogen) atoms. The maximum atomic E-state index is 12.9. The minimum atomic E-state index is -0.786. The molecule has 0 bridgehead atoms. The molecule has 0 unspecified atom stereocenters. The van der Waals surface area contributed by atoms with Gasteiger partial charge in [0.15, 0.2) is 0 Å². The van der Waals surface area contributed by atoms with Gasteiger partial charge in [0.25, 0.3) is 0 Å². The molecule has 0 saturated heterocycles. The van der Waals surface area contributed by atoms with Gasteiger partial charge >= 0.3 is 0 Å². The monoisotopic (exact) mass is 451 g/mol. The number of nitrogens with two attached hydrogens (primary N) is 1. The van der Waals surface area contributed by atoms with E-state index in [4.69, 9.17) is 28.9 Å². The molecule has 0 radical (unpaired) electrons. The number of pyridine rings is 1. The third-order valence-electron chi connectivity index (χ3n) is 4.63. The highest BCUT2D eigenvalue weighted by Gasteiger charge is 2.27. The lowest BCUT2D eigenvalue weighted by atomic mass is 10.0. The highest BCUT2D eigenvalue weighted by Crippen LogP contribution is 2.23. The van der Waals surface area contributed by atoms with Crippen molar-refractivity contribution in [2.45, 2.75) is 38.9 Å². The van der Waals surface area contributed by atoms with Crippen molar-refractivity contribution in [2.24, 2.45) is 5.92 Å². The second-order valence-corrected chi connectivity index (χ2v) is 8.15. The summed E-state index contributed by atoms with van der Waals surface area (Å²) in [5.74, 6) is -0.0992. The van der Waals surface area contributed by atoms with Gasteiger partial charge in [-0.1, -0.05) is 49.2 Å². The quantitative estimate of drug-likeness (QED) is 0.468. The first-order valence-corrected chi connectivity index (χ1v) is 10.4. The Morgan fingerprint density at radius 1 is 1.07 bits per heavy atom. The summed E-state index contributed by atoms with van der Waals surface area (Å²) in [4.78, 5) is 29.6. The second-order valence-electron chi connectivity index (χ2n) is 7.33. The third-order valence-corrected chi connectivity index (χ3v) is 5.37. The van der Waals surface area contributed by atoms with Gasteiger partial charge < -0.3 is 21.7 Å². The van der Waals surface area contributed by atoms with E-state index >= 15 is 0 Å². The fourth-order valence-corrected chi connectivity index (χ4v) is 3.31. The molecule has 1 heterocycles. The van der Waals surface area contributed by atoms with Crippen LogP contribution in [0.25, 0.3) is 0 Å². The number of amides is 2. The number of likely N-dealkylation sites (N-methyl/N-ethyl adjacent to an activating group) is 1. The van der Waals surface area contributed by atoms with Crippen LogP contribution in [-0.2, 0) is 22.6 Å². The van der Waals surface area contributed by atoms with E-state index < -0.39 is 12.1 Å². The Hall–Kier alpha value is -2.35. The molecule has 162 valence electrons. The number of hydrogen-bond acceptors (Lipinski definition) is 5. The van der Waals surface area contributed by atoms with Crippen molar-refractivity contribution in [3.63, 3.8) is 0 Å². The molecule has 0 aliphatic rings. The maximum Gasteiger partial charge on any atom is 0.243 e. The number of nitrogens with zero attached hydrogens (tertiary/aromatic N) is 1. The van der Waals surface area contributed by atoms with Crippen LogP contribution in [0.2, 0.25) is 10.0 Å². The molecule has 5 N–H and O–H groups in total. The molecule has 7 nitrogen and oxygen atoms in total. The lowest BCUT2D eigenvalue weighted by Gasteiger charge is -2.24. The van der Waals surface area contributed by atoms with Crippen molar-refractivity contribution in [2.75, 3.05) is 12.8 Å². The Kier molecular flexibility index (Phi) is 8.89. The van der Waals surface area contributed by atoms with Crippen LogP contribution in [0.4, 0.5) is 5.82 Å². The van der Waals surface area contributed by atoms with E-state index in [1.807, 2.05) is 13.8 Å². The van der Waals surface area contributed by atoms with Gasteiger partial charge in [0, 0.05) is 19.2 Å². The van der Waals surface area contributed by atoms with Gasteiger partial charge in [0.05, 0.1) is 16.1 Å². The summed E-state index contributed by atoms with van der Waals surface area (Å²) >= 11 is 12.1. The summed E-state index contributed by atoms with van der Waals surface area (Å²) in [6.45, 7) is 4.13. The van der Waals surface area contributed by atoms with Crippen LogP contribution in [0.15, 0.2) is 36.5 Å². The lowest BCUT2D eigenvalue weighted by Crippen LogP contribution is -2.54. The molecule has 1 aromatic heterocycles. The molecular weight excluding hydrogens is 425 g/mol. The van der Waals surface area contributed by atoms with Gasteiger partial charge in [0.1, 0.15) is 11.9 Å². The van der Waals surface area contributed by atoms with Gasteiger partial charge in [-0.2, -0.15) is 0 Å². The van der Waals surface area contributed by atoms with Crippen LogP contribution in [0.5, 0.6) is 0 Å². The van der Waals surface area contributed by atoms with E-state index in [1.54, 1.807) is 43.6 Å². The molecule has 2 amide bonds. The molecule has 2 aromatic rings. The minimum Gasteiger partial charge on any atom is -0.384 e. The number of nitrogen functional groups attached to an aromatic ring is 1. The number of hydrogen-bond donors (Lipinski definition) is 4. The van der Waals surface area contributed by atoms with E-state index in [0.29, 0.717) is 15.9 Å². The number of carbonyl (C=O) groups excluding carboxylic acids is 2. The smallest absolute Gasteiger partial charge is 0.243 e. The summed E-state index contributed by atoms with van der Waals surface area (Å²) in [7, 11) is 1.71. The van der Waals surface area contributed by atoms with E-state index in [2.05, 4.69) is 20.9 Å². The zero-order valence-corrected chi connectivity index (χ0v) is 18.7. The molecule has 0 saturated carbocycles. The molecule has 0 spiro atoms. The molecule has 0 aliphatic carbocycles. The molecule has 1 aromatic carbocycles. The Morgan fingerprint density at radius 3 is 2.33 bits per heavy atom. The fraction of sp³-hybridized carbons (Fsp3) is 0.381. The van der Waals surface area contributed by atoms with Crippen molar-refractivity contribution in [3.05, 3.63) is 57.7 Å². The number of rotatable bonds is 9. The number of aromatic nitrogens is 1. The standard InChI is InChI=1S/C21H27Cl2N5O2/c1-12(2)19(25-3)21(30)28-17(9-13-4-6-15(22)16(23)8-13)20(29)27-11-14-5-7-18(24)26-10-14/h4-8,10,12,17,19,25H,9,11H2,1-3H3,(H2,24,26)(H,27,29)(H,28,30)/t17-,19+/m0/s1. The van der Waals surface area contributed by atoms with Crippen LogP contribution in [0.1, 0.15) is 25.0 Å². The molecular formula is C21H27Cl2N5O2. The predicted molar refractivity (Wildman–Crippen MR) is 120 cm³/mol. The van der Waals surface area contributed by atoms with Crippen molar-refractivity contribution < 1.29 is 9.59 Å². The first-order chi connectivity index (χ1) is 14.2. The first kappa shape index (κ1) is 23.9. The number of benzene rings is 1. The predicted octanol–water partition coefficient (Wildman–Crippen LogP) is 2.56. The van der Waals surface area contributed by atoms with Crippen molar-refractivity contribution in [3.8, 4) is 0 Å². The summed E-state index contributed by atoms with van der Waals surface area (Å²) in [6.07, 6.45) is 1.86. The number of nitrogens with one attached hydrogen (secondary N) is 3. The van der Waals surface area contributed by atoms with Crippen LogP contribution < -0.4 is 21.7 Å².